The predicted octanol–water partition coefficient (Wildman–Crippen LogP) is 5.26. The van der Waals surface area contributed by atoms with Crippen LogP contribution in [0, 0.1) is 13.8 Å². The monoisotopic (exact) mass is 432 g/mol. The van der Waals surface area contributed by atoms with Crippen LogP contribution < -0.4 is 10.5 Å². The maximum absolute atomic E-state index is 12.1. The lowest BCUT2D eigenvalue weighted by atomic mass is 10.1. The molecule has 0 aliphatic carbocycles. The van der Waals surface area contributed by atoms with Crippen molar-refractivity contribution in [2.45, 2.75) is 20.5 Å². The summed E-state index contributed by atoms with van der Waals surface area (Å²) in [6, 6.07) is 13.7. The molecule has 2 N–H and O–H groups in total. The SMILES string of the molecule is Cc1ccc(C)c(OCc2ccc(C(=O)O/N=C(\N)c3ccc(Cl)cc3Cl)o2)c1. The summed E-state index contributed by atoms with van der Waals surface area (Å²) in [5.74, 6) is 0.336. The van der Waals surface area contributed by atoms with Crippen LogP contribution in [0.3, 0.4) is 0 Å². The number of carbonyl (C=O) groups is 1. The fourth-order valence-electron chi connectivity index (χ4n) is 2.46. The minimum Gasteiger partial charge on any atom is -0.485 e. The number of halogens is 2. The van der Waals surface area contributed by atoms with Gasteiger partial charge in [0.15, 0.2) is 5.84 Å². The molecule has 2 aromatic carbocycles. The van der Waals surface area contributed by atoms with Crippen molar-refractivity contribution in [2.75, 3.05) is 0 Å². The molecular formula is C21H18Cl2N2O4. The van der Waals surface area contributed by atoms with Crippen molar-refractivity contribution in [3.8, 4) is 5.75 Å². The van der Waals surface area contributed by atoms with E-state index in [0.717, 1.165) is 16.9 Å². The van der Waals surface area contributed by atoms with Gasteiger partial charge in [-0.05, 0) is 61.4 Å². The van der Waals surface area contributed by atoms with E-state index >= 15 is 0 Å². The summed E-state index contributed by atoms with van der Waals surface area (Å²) in [6.07, 6.45) is 0. The quantitative estimate of drug-likeness (QED) is 0.248. The lowest BCUT2D eigenvalue weighted by Crippen LogP contribution is -2.15. The number of furan rings is 1. The summed E-state index contributed by atoms with van der Waals surface area (Å²) in [5.41, 5.74) is 8.30. The van der Waals surface area contributed by atoms with Crippen LogP contribution in [0.5, 0.6) is 5.75 Å². The van der Waals surface area contributed by atoms with Gasteiger partial charge >= 0.3 is 5.97 Å². The molecule has 1 aromatic heterocycles. The van der Waals surface area contributed by atoms with Crippen LogP contribution in [0.2, 0.25) is 10.0 Å². The molecule has 150 valence electrons. The van der Waals surface area contributed by atoms with E-state index in [2.05, 4.69) is 5.16 Å². The lowest BCUT2D eigenvalue weighted by Gasteiger charge is -2.08. The minimum atomic E-state index is -0.795. The first-order valence-electron chi connectivity index (χ1n) is 8.62. The molecule has 0 aliphatic rings. The molecule has 3 aromatic rings. The van der Waals surface area contributed by atoms with Crippen molar-refractivity contribution >= 4 is 35.0 Å². The Hall–Kier alpha value is -2.96. The zero-order valence-electron chi connectivity index (χ0n) is 15.7. The van der Waals surface area contributed by atoms with Crippen molar-refractivity contribution < 1.29 is 18.8 Å². The van der Waals surface area contributed by atoms with E-state index in [1.807, 2.05) is 32.0 Å². The van der Waals surface area contributed by atoms with Gasteiger partial charge in [0.05, 0.1) is 5.02 Å². The number of hydrogen-bond donors (Lipinski definition) is 1. The lowest BCUT2D eigenvalue weighted by molar-refractivity contribution is 0.0475. The van der Waals surface area contributed by atoms with Crippen molar-refractivity contribution in [3.63, 3.8) is 0 Å². The van der Waals surface area contributed by atoms with E-state index in [1.54, 1.807) is 18.2 Å². The molecular weight excluding hydrogens is 415 g/mol. The first kappa shape index (κ1) is 20.8. The van der Waals surface area contributed by atoms with E-state index in [4.69, 9.17) is 42.9 Å². The number of nitrogens with two attached hydrogens (primary N) is 1. The number of aryl methyl sites for hydroxylation is 2. The van der Waals surface area contributed by atoms with E-state index in [1.165, 1.54) is 12.1 Å². The number of nitrogens with zero attached hydrogens (tertiary/aromatic N) is 1. The second kappa shape index (κ2) is 9.03. The Morgan fingerprint density at radius 2 is 1.90 bits per heavy atom. The maximum Gasteiger partial charge on any atom is 0.400 e. The van der Waals surface area contributed by atoms with Crippen LogP contribution >= 0.6 is 23.2 Å². The van der Waals surface area contributed by atoms with E-state index < -0.39 is 5.97 Å². The minimum absolute atomic E-state index is 0.0247. The summed E-state index contributed by atoms with van der Waals surface area (Å²) in [6.45, 7) is 4.11. The predicted molar refractivity (Wildman–Crippen MR) is 112 cm³/mol. The van der Waals surface area contributed by atoms with Crippen LogP contribution in [0.1, 0.15) is 33.0 Å². The molecule has 6 nitrogen and oxygen atoms in total. The third kappa shape index (κ3) is 5.31. The summed E-state index contributed by atoms with van der Waals surface area (Å²) in [5, 5.41) is 4.36. The highest BCUT2D eigenvalue weighted by molar-refractivity contribution is 6.36. The molecule has 0 fully saturated rings. The van der Waals surface area contributed by atoms with E-state index in [9.17, 15) is 4.79 Å². The molecule has 29 heavy (non-hydrogen) atoms. The van der Waals surface area contributed by atoms with Gasteiger partial charge in [0.25, 0.3) is 0 Å². The van der Waals surface area contributed by atoms with Gasteiger partial charge < -0.3 is 19.7 Å². The standard InChI is InChI=1S/C21H18Cl2N2O4/c1-12-3-4-13(2)19(9-12)27-11-15-6-8-18(28-15)21(26)29-25-20(24)16-7-5-14(22)10-17(16)23/h3-10H,11H2,1-2H3,(H2,24,25). The van der Waals surface area contributed by atoms with Crippen LogP contribution in [-0.2, 0) is 11.4 Å². The molecule has 0 amide bonds. The second-order valence-corrected chi connectivity index (χ2v) is 7.15. The zero-order chi connectivity index (χ0) is 21.0. The fourth-order valence-corrected chi connectivity index (χ4v) is 2.96. The van der Waals surface area contributed by atoms with Crippen molar-refractivity contribution in [3.05, 3.63) is 86.8 Å². The molecule has 0 bridgehead atoms. The Bertz CT molecular complexity index is 1080. The molecule has 0 saturated heterocycles. The smallest absolute Gasteiger partial charge is 0.400 e. The summed E-state index contributed by atoms with van der Waals surface area (Å²) >= 11 is 11.9. The van der Waals surface area contributed by atoms with Gasteiger partial charge in [0.2, 0.25) is 5.76 Å². The topological polar surface area (TPSA) is 87.0 Å². The Balaban J connectivity index is 1.62. The van der Waals surface area contributed by atoms with Gasteiger partial charge in [-0.15, -0.1) is 0 Å². The molecule has 3 rings (SSSR count). The number of oxime groups is 1. The van der Waals surface area contributed by atoms with E-state index in [-0.39, 0.29) is 18.2 Å². The number of rotatable bonds is 6. The number of carbonyl (C=O) groups excluding carboxylic acids is 1. The Labute approximate surface area is 177 Å². The summed E-state index contributed by atoms with van der Waals surface area (Å²) in [7, 11) is 0. The number of hydrogen-bond acceptors (Lipinski definition) is 5. The first-order valence-corrected chi connectivity index (χ1v) is 9.38. The van der Waals surface area contributed by atoms with Gasteiger partial charge in [-0.2, -0.15) is 0 Å². The first-order chi connectivity index (χ1) is 13.8. The van der Waals surface area contributed by atoms with Crippen molar-refractivity contribution in [2.24, 2.45) is 10.9 Å². The highest BCUT2D eigenvalue weighted by atomic mass is 35.5. The Morgan fingerprint density at radius 3 is 2.66 bits per heavy atom. The van der Waals surface area contributed by atoms with Crippen LogP contribution in [0.25, 0.3) is 0 Å². The molecule has 0 atom stereocenters. The zero-order valence-corrected chi connectivity index (χ0v) is 17.3. The van der Waals surface area contributed by atoms with Gasteiger partial charge in [-0.3, -0.25) is 0 Å². The van der Waals surface area contributed by atoms with Crippen LogP contribution in [0.15, 0.2) is 58.1 Å². The van der Waals surface area contributed by atoms with Gasteiger partial charge in [-0.25, -0.2) is 4.79 Å². The van der Waals surface area contributed by atoms with E-state index in [0.29, 0.717) is 21.4 Å². The van der Waals surface area contributed by atoms with Crippen molar-refractivity contribution in [1.82, 2.24) is 0 Å². The maximum atomic E-state index is 12.1. The molecule has 0 radical (unpaired) electrons. The summed E-state index contributed by atoms with van der Waals surface area (Å²) < 4.78 is 11.2. The second-order valence-electron chi connectivity index (χ2n) is 6.30. The normalized spacial score (nSPS) is 11.4. The number of benzene rings is 2. The third-order valence-corrected chi connectivity index (χ3v) is 4.56. The molecule has 8 heteroatoms. The largest absolute Gasteiger partial charge is 0.485 e. The highest BCUT2D eigenvalue weighted by Crippen LogP contribution is 2.22. The Morgan fingerprint density at radius 1 is 1.10 bits per heavy atom. The molecule has 0 unspecified atom stereocenters. The van der Waals surface area contributed by atoms with Gasteiger partial charge in [0.1, 0.15) is 18.1 Å². The van der Waals surface area contributed by atoms with Crippen LogP contribution in [0.4, 0.5) is 0 Å². The third-order valence-electron chi connectivity index (χ3n) is 4.01. The van der Waals surface area contributed by atoms with Crippen molar-refractivity contribution in [1.29, 1.82) is 0 Å². The fraction of sp³-hybridized carbons (Fsp3) is 0.143. The average Bonchev–Trinajstić information content (AvgIpc) is 3.15. The highest BCUT2D eigenvalue weighted by Gasteiger charge is 2.15. The van der Waals surface area contributed by atoms with Crippen LogP contribution in [-0.4, -0.2) is 11.8 Å². The Kier molecular flexibility index (Phi) is 6.46. The molecule has 0 aliphatic heterocycles. The summed E-state index contributed by atoms with van der Waals surface area (Å²) in [4.78, 5) is 17.0. The molecule has 0 spiro atoms. The molecule has 1 heterocycles. The molecule has 0 saturated carbocycles. The van der Waals surface area contributed by atoms with Gasteiger partial charge in [-0.1, -0.05) is 40.5 Å². The number of amidine groups is 1. The van der Waals surface area contributed by atoms with Gasteiger partial charge in [0, 0.05) is 10.6 Å². The number of ether oxygens (including phenoxy) is 1. The average molecular weight is 433 g/mol.